The van der Waals surface area contributed by atoms with Gasteiger partial charge in [0.1, 0.15) is 6.04 Å². The lowest BCUT2D eigenvalue weighted by molar-refractivity contribution is -0.122. The average Bonchev–Trinajstić information content (AvgIpc) is 3.17. The number of benzene rings is 2. The van der Waals surface area contributed by atoms with Gasteiger partial charge in [-0.15, -0.1) is 0 Å². The fourth-order valence-electron chi connectivity index (χ4n) is 3.62. The smallest absolute Gasteiger partial charge is 0.242 e. The summed E-state index contributed by atoms with van der Waals surface area (Å²) in [7, 11) is 1.87. The third kappa shape index (κ3) is 5.35. The summed E-state index contributed by atoms with van der Waals surface area (Å²) in [5.41, 5.74) is 2.53. The number of amides is 1. The van der Waals surface area contributed by atoms with Crippen LogP contribution in [0.15, 0.2) is 54.6 Å². The summed E-state index contributed by atoms with van der Waals surface area (Å²) in [6.07, 6.45) is 0.483. The maximum Gasteiger partial charge on any atom is 0.242 e. The van der Waals surface area contributed by atoms with E-state index >= 15 is 0 Å². The highest BCUT2D eigenvalue weighted by Crippen LogP contribution is 2.20. The maximum atomic E-state index is 13.0. The highest BCUT2D eigenvalue weighted by Gasteiger charge is 2.27. The molecule has 152 valence electrons. The minimum atomic E-state index is -0.377. The normalized spacial score (nSPS) is 18.6. The number of hydrogen-bond donors (Lipinski definition) is 2. The Balaban J connectivity index is 1.70. The number of nitrogens with one attached hydrogen (secondary N) is 1. The molecule has 0 aliphatic carbocycles. The lowest BCUT2D eigenvalue weighted by Gasteiger charge is -2.30. The van der Waals surface area contributed by atoms with Crippen LogP contribution in [0.3, 0.4) is 0 Å². The van der Waals surface area contributed by atoms with Crippen molar-refractivity contribution in [3.05, 3.63) is 65.7 Å². The van der Waals surface area contributed by atoms with E-state index in [1.54, 1.807) is 12.1 Å². The van der Waals surface area contributed by atoms with Gasteiger partial charge in [0.15, 0.2) is 0 Å². The van der Waals surface area contributed by atoms with Crippen LogP contribution in [0.1, 0.15) is 30.5 Å². The fourth-order valence-corrected chi connectivity index (χ4v) is 3.62. The molecule has 1 amide bonds. The fraction of sp³-hybridized carbons (Fsp3) is 0.391. The SMILES string of the molecule is CC(C(=O)NC(CN1CCC(O)C1)c1ccccc1)N(C)c1ccc(C#N)cc1. The number of nitriles is 1. The predicted molar refractivity (Wildman–Crippen MR) is 113 cm³/mol. The van der Waals surface area contributed by atoms with E-state index in [1.165, 1.54) is 0 Å². The molecule has 0 aromatic heterocycles. The number of carbonyl (C=O) groups excluding carboxylic acids is 1. The Morgan fingerprint density at radius 3 is 2.55 bits per heavy atom. The number of hydrogen-bond acceptors (Lipinski definition) is 5. The van der Waals surface area contributed by atoms with E-state index in [4.69, 9.17) is 5.26 Å². The number of anilines is 1. The van der Waals surface area contributed by atoms with Crippen molar-refractivity contribution in [2.24, 2.45) is 0 Å². The molecule has 2 aromatic carbocycles. The van der Waals surface area contributed by atoms with Crippen LogP contribution in [0.2, 0.25) is 0 Å². The van der Waals surface area contributed by atoms with Crippen molar-refractivity contribution in [3.63, 3.8) is 0 Å². The largest absolute Gasteiger partial charge is 0.392 e. The Morgan fingerprint density at radius 2 is 1.97 bits per heavy atom. The van der Waals surface area contributed by atoms with Gasteiger partial charge in [-0.3, -0.25) is 9.69 Å². The highest BCUT2D eigenvalue weighted by molar-refractivity contribution is 5.85. The quantitative estimate of drug-likeness (QED) is 0.756. The van der Waals surface area contributed by atoms with Crippen molar-refractivity contribution in [2.75, 3.05) is 31.6 Å². The van der Waals surface area contributed by atoms with E-state index in [-0.39, 0.29) is 24.1 Å². The monoisotopic (exact) mass is 392 g/mol. The van der Waals surface area contributed by atoms with Crippen LogP contribution in [-0.4, -0.2) is 54.7 Å². The van der Waals surface area contributed by atoms with Crippen LogP contribution < -0.4 is 10.2 Å². The third-order valence-electron chi connectivity index (χ3n) is 5.57. The van der Waals surface area contributed by atoms with E-state index in [2.05, 4.69) is 16.3 Å². The summed E-state index contributed by atoms with van der Waals surface area (Å²) in [5, 5.41) is 22.0. The summed E-state index contributed by atoms with van der Waals surface area (Å²) in [6, 6.07) is 18.7. The lowest BCUT2D eigenvalue weighted by Crippen LogP contribution is -2.46. The molecule has 3 rings (SSSR count). The second-order valence-electron chi connectivity index (χ2n) is 7.62. The molecule has 6 nitrogen and oxygen atoms in total. The maximum absolute atomic E-state index is 13.0. The van der Waals surface area contributed by atoms with Crippen molar-refractivity contribution in [3.8, 4) is 6.07 Å². The van der Waals surface area contributed by atoms with Gasteiger partial charge in [-0.05, 0) is 43.2 Å². The van der Waals surface area contributed by atoms with Crippen molar-refractivity contribution in [1.82, 2.24) is 10.2 Å². The first-order chi connectivity index (χ1) is 14.0. The van der Waals surface area contributed by atoms with Gasteiger partial charge in [0, 0.05) is 32.4 Å². The molecule has 3 unspecified atom stereocenters. The van der Waals surface area contributed by atoms with Crippen LogP contribution in [0.5, 0.6) is 0 Å². The minimum absolute atomic E-state index is 0.0644. The third-order valence-corrected chi connectivity index (χ3v) is 5.57. The minimum Gasteiger partial charge on any atom is -0.392 e. The van der Waals surface area contributed by atoms with Crippen LogP contribution in [0.25, 0.3) is 0 Å². The number of aliphatic hydroxyl groups excluding tert-OH is 1. The summed E-state index contributed by atoms with van der Waals surface area (Å²) in [6.45, 7) is 4.01. The van der Waals surface area contributed by atoms with Gasteiger partial charge in [-0.25, -0.2) is 0 Å². The summed E-state index contributed by atoms with van der Waals surface area (Å²) < 4.78 is 0. The van der Waals surface area contributed by atoms with Crippen molar-refractivity contribution in [2.45, 2.75) is 31.5 Å². The van der Waals surface area contributed by atoms with Crippen molar-refractivity contribution in [1.29, 1.82) is 5.26 Å². The number of carbonyl (C=O) groups is 1. The summed E-state index contributed by atoms with van der Waals surface area (Å²) in [5.74, 6) is -0.0644. The van der Waals surface area contributed by atoms with Gasteiger partial charge >= 0.3 is 0 Å². The van der Waals surface area contributed by atoms with Crippen molar-refractivity contribution < 1.29 is 9.90 Å². The molecule has 1 fully saturated rings. The Labute approximate surface area is 172 Å². The standard InChI is InChI=1S/C23H28N4O2/c1-17(26(2)20-10-8-18(14-24)9-11-20)23(29)25-22(19-6-4-3-5-7-19)16-27-13-12-21(28)15-27/h3-11,17,21-22,28H,12-13,15-16H2,1-2H3,(H,25,29). The van der Waals surface area contributed by atoms with E-state index in [1.807, 2.05) is 61.3 Å². The number of likely N-dealkylation sites (tertiary alicyclic amines) is 1. The van der Waals surface area contributed by atoms with E-state index < -0.39 is 0 Å². The molecular formula is C23H28N4O2. The van der Waals surface area contributed by atoms with Gasteiger partial charge in [-0.1, -0.05) is 30.3 Å². The van der Waals surface area contributed by atoms with Crippen molar-refractivity contribution >= 4 is 11.6 Å². The number of β-amino-alcohol motifs (C(OH)–C–C–N with tert-alkyl or cyclic N) is 1. The number of rotatable bonds is 7. The molecule has 2 aromatic rings. The molecule has 0 bridgehead atoms. The summed E-state index contributed by atoms with van der Waals surface area (Å²) >= 11 is 0. The van der Waals surface area contributed by atoms with Gasteiger partial charge in [-0.2, -0.15) is 5.26 Å². The second kappa shape index (κ2) is 9.55. The molecule has 1 heterocycles. The topological polar surface area (TPSA) is 79.6 Å². The van der Waals surface area contributed by atoms with Gasteiger partial charge < -0.3 is 15.3 Å². The van der Waals surface area contributed by atoms with Gasteiger partial charge in [0.2, 0.25) is 5.91 Å². The first-order valence-electron chi connectivity index (χ1n) is 9.96. The Hall–Kier alpha value is -2.88. The lowest BCUT2D eigenvalue weighted by atomic mass is 10.1. The molecule has 0 radical (unpaired) electrons. The molecule has 1 saturated heterocycles. The summed E-state index contributed by atoms with van der Waals surface area (Å²) in [4.78, 5) is 17.1. The van der Waals surface area contributed by atoms with Crippen LogP contribution in [-0.2, 0) is 4.79 Å². The van der Waals surface area contributed by atoms with E-state index in [9.17, 15) is 9.90 Å². The molecule has 0 saturated carbocycles. The van der Waals surface area contributed by atoms with E-state index in [0.717, 1.165) is 24.2 Å². The predicted octanol–water partition coefficient (Wildman–Crippen LogP) is 2.31. The zero-order valence-electron chi connectivity index (χ0n) is 17.0. The van der Waals surface area contributed by atoms with Gasteiger partial charge in [0.05, 0.1) is 23.8 Å². The van der Waals surface area contributed by atoms with Crippen LogP contribution in [0, 0.1) is 11.3 Å². The molecule has 1 aliphatic heterocycles. The zero-order chi connectivity index (χ0) is 20.8. The number of aliphatic hydroxyl groups is 1. The Morgan fingerprint density at radius 1 is 1.28 bits per heavy atom. The Kier molecular flexibility index (Phi) is 6.86. The molecular weight excluding hydrogens is 364 g/mol. The van der Waals surface area contributed by atoms with E-state index in [0.29, 0.717) is 18.7 Å². The van der Waals surface area contributed by atoms with Crippen LogP contribution >= 0.6 is 0 Å². The number of likely N-dealkylation sites (N-methyl/N-ethyl adjacent to an activating group) is 1. The molecule has 29 heavy (non-hydrogen) atoms. The molecule has 3 atom stereocenters. The van der Waals surface area contributed by atoms with Crippen LogP contribution in [0.4, 0.5) is 5.69 Å². The highest BCUT2D eigenvalue weighted by atomic mass is 16.3. The molecule has 0 spiro atoms. The first-order valence-corrected chi connectivity index (χ1v) is 9.96. The second-order valence-corrected chi connectivity index (χ2v) is 7.62. The zero-order valence-corrected chi connectivity index (χ0v) is 17.0. The first kappa shape index (κ1) is 20.8. The molecule has 1 aliphatic rings. The average molecular weight is 393 g/mol. The molecule has 6 heteroatoms. The van der Waals surface area contributed by atoms with Gasteiger partial charge in [0.25, 0.3) is 0 Å². The number of nitrogens with zero attached hydrogens (tertiary/aromatic N) is 3. The Bertz CT molecular complexity index is 847. The molecule has 2 N–H and O–H groups in total.